The predicted octanol–water partition coefficient (Wildman–Crippen LogP) is 0.193. The van der Waals surface area contributed by atoms with Crippen molar-refractivity contribution in [1.82, 2.24) is 14.9 Å². The molecule has 1 aliphatic heterocycles. The highest BCUT2D eigenvalue weighted by Crippen LogP contribution is 2.15. The Hall–Kier alpha value is -1.27. The minimum atomic E-state index is 0.564. The van der Waals surface area contributed by atoms with Crippen LogP contribution in [0.15, 0.2) is 12.4 Å². The van der Waals surface area contributed by atoms with Crippen LogP contribution in [0.3, 0.4) is 0 Å². The van der Waals surface area contributed by atoms with Gasteiger partial charge in [0.05, 0.1) is 10.7 Å². The lowest BCUT2D eigenvalue weighted by Gasteiger charge is -2.35. The lowest BCUT2D eigenvalue weighted by Crippen LogP contribution is -2.49. The summed E-state index contributed by atoms with van der Waals surface area (Å²) in [5.41, 5.74) is 6.53. The van der Waals surface area contributed by atoms with E-state index >= 15 is 0 Å². The van der Waals surface area contributed by atoms with Crippen molar-refractivity contribution in [2.45, 2.75) is 6.92 Å². The highest BCUT2D eigenvalue weighted by atomic mass is 32.1. The van der Waals surface area contributed by atoms with Crippen LogP contribution in [0.5, 0.6) is 0 Å². The molecule has 17 heavy (non-hydrogen) atoms. The van der Waals surface area contributed by atoms with Crippen LogP contribution >= 0.6 is 12.2 Å². The number of rotatable bonds is 3. The van der Waals surface area contributed by atoms with Crippen LogP contribution in [0.25, 0.3) is 0 Å². The highest BCUT2D eigenvalue weighted by molar-refractivity contribution is 7.80. The molecule has 0 saturated carbocycles. The van der Waals surface area contributed by atoms with Crippen molar-refractivity contribution < 1.29 is 0 Å². The Labute approximate surface area is 107 Å². The first-order valence-corrected chi connectivity index (χ1v) is 6.11. The fraction of sp³-hybridized carbons (Fsp3) is 0.545. The van der Waals surface area contributed by atoms with Gasteiger partial charge in [-0.25, -0.2) is 4.98 Å². The summed E-state index contributed by atoms with van der Waals surface area (Å²) in [4.78, 5) is 13.7. The smallest absolute Gasteiger partial charge is 0.150 e. The Bertz CT molecular complexity index is 401. The van der Waals surface area contributed by atoms with E-state index in [1.54, 1.807) is 12.4 Å². The van der Waals surface area contributed by atoms with Crippen LogP contribution in [0, 0.1) is 6.92 Å². The molecule has 0 aliphatic carbocycles. The number of nitrogens with two attached hydrogens (primary N) is 1. The third-order valence-corrected chi connectivity index (χ3v) is 3.04. The van der Waals surface area contributed by atoms with Gasteiger partial charge in [-0.2, -0.15) is 0 Å². The van der Waals surface area contributed by atoms with Crippen LogP contribution in [-0.2, 0) is 0 Å². The molecule has 1 aromatic rings. The van der Waals surface area contributed by atoms with Gasteiger partial charge in [-0.1, -0.05) is 12.2 Å². The van der Waals surface area contributed by atoms with E-state index < -0.39 is 0 Å². The zero-order valence-electron chi connectivity index (χ0n) is 9.96. The van der Waals surface area contributed by atoms with E-state index in [9.17, 15) is 0 Å². The molecular weight excluding hydrogens is 234 g/mol. The molecule has 5 nitrogen and oxygen atoms in total. The molecule has 1 fully saturated rings. The van der Waals surface area contributed by atoms with Crippen molar-refractivity contribution >= 4 is 23.0 Å². The van der Waals surface area contributed by atoms with Crippen molar-refractivity contribution in [3.8, 4) is 0 Å². The molecule has 1 aromatic heterocycles. The van der Waals surface area contributed by atoms with Gasteiger partial charge in [0, 0.05) is 45.1 Å². The maximum atomic E-state index is 5.55. The minimum absolute atomic E-state index is 0.564. The number of hydrogen-bond donors (Lipinski definition) is 1. The molecule has 2 N–H and O–H groups in total. The maximum absolute atomic E-state index is 5.55. The van der Waals surface area contributed by atoms with Gasteiger partial charge in [0.15, 0.2) is 0 Å². The van der Waals surface area contributed by atoms with Crippen molar-refractivity contribution in [3.63, 3.8) is 0 Å². The Morgan fingerprint density at radius 1 is 1.29 bits per heavy atom. The second-order valence-electron chi connectivity index (χ2n) is 4.19. The second kappa shape index (κ2) is 5.37. The van der Waals surface area contributed by atoms with E-state index in [2.05, 4.69) is 19.8 Å². The standard InChI is InChI=1S/C11H17N5S/c1-9-11(14-3-2-13-9)16-6-4-15(5-7-16)8-10(12)17/h2-3H,4-8H2,1H3,(H2,12,17). The molecule has 0 aromatic carbocycles. The monoisotopic (exact) mass is 251 g/mol. The molecule has 2 heterocycles. The Kier molecular flexibility index (Phi) is 3.86. The molecule has 0 atom stereocenters. The first-order valence-electron chi connectivity index (χ1n) is 5.70. The van der Waals surface area contributed by atoms with Crippen LogP contribution in [-0.4, -0.2) is 52.6 Å². The molecule has 1 aliphatic rings. The van der Waals surface area contributed by atoms with E-state index in [-0.39, 0.29) is 0 Å². The van der Waals surface area contributed by atoms with Crippen LogP contribution in [0.2, 0.25) is 0 Å². The van der Waals surface area contributed by atoms with Crippen LogP contribution in [0.1, 0.15) is 5.69 Å². The number of piperazine rings is 1. The SMILES string of the molecule is Cc1nccnc1N1CCN(CC(N)=S)CC1. The number of nitrogens with zero attached hydrogens (tertiary/aromatic N) is 4. The van der Waals surface area contributed by atoms with Crippen molar-refractivity contribution in [3.05, 3.63) is 18.1 Å². The van der Waals surface area contributed by atoms with Gasteiger partial charge in [-0.3, -0.25) is 9.88 Å². The van der Waals surface area contributed by atoms with Gasteiger partial charge >= 0.3 is 0 Å². The summed E-state index contributed by atoms with van der Waals surface area (Å²) < 4.78 is 0. The Morgan fingerprint density at radius 2 is 1.94 bits per heavy atom. The van der Waals surface area contributed by atoms with E-state index in [4.69, 9.17) is 18.0 Å². The summed E-state index contributed by atoms with van der Waals surface area (Å²) in [6, 6.07) is 0. The summed E-state index contributed by atoms with van der Waals surface area (Å²) >= 11 is 4.92. The molecule has 0 spiro atoms. The molecule has 92 valence electrons. The number of anilines is 1. The summed E-state index contributed by atoms with van der Waals surface area (Å²) in [6.45, 7) is 6.53. The third kappa shape index (κ3) is 3.10. The van der Waals surface area contributed by atoms with Crippen molar-refractivity contribution in [2.24, 2.45) is 5.73 Å². The normalized spacial score (nSPS) is 17.1. The lowest BCUT2D eigenvalue weighted by molar-refractivity contribution is 0.291. The van der Waals surface area contributed by atoms with Gasteiger partial charge in [0.2, 0.25) is 0 Å². The second-order valence-corrected chi connectivity index (χ2v) is 4.72. The Balaban J connectivity index is 1.95. The topological polar surface area (TPSA) is 58.3 Å². The summed E-state index contributed by atoms with van der Waals surface area (Å²) in [5, 5.41) is 0. The summed E-state index contributed by atoms with van der Waals surface area (Å²) in [7, 11) is 0. The molecule has 0 amide bonds. The minimum Gasteiger partial charge on any atom is -0.392 e. The molecule has 2 rings (SSSR count). The highest BCUT2D eigenvalue weighted by Gasteiger charge is 2.19. The average Bonchev–Trinajstić information content (AvgIpc) is 2.30. The van der Waals surface area contributed by atoms with E-state index in [0.29, 0.717) is 11.5 Å². The number of aromatic nitrogens is 2. The van der Waals surface area contributed by atoms with E-state index in [0.717, 1.165) is 37.7 Å². The van der Waals surface area contributed by atoms with Crippen molar-refractivity contribution in [1.29, 1.82) is 0 Å². The van der Waals surface area contributed by atoms with Gasteiger partial charge in [0.25, 0.3) is 0 Å². The average molecular weight is 251 g/mol. The predicted molar refractivity (Wildman–Crippen MR) is 72.2 cm³/mol. The lowest BCUT2D eigenvalue weighted by atomic mass is 10.3. The van der Waals surface area contributed by atoms with E-state index in [1.165, 1.54) is 0 Å². The molecular formula is C11H17N5S. The first-order chi connectivity index (χ1) is 8.16. The maximum Gasteiger partial charge on any atom is 0.150 e. The Morgan fingerprint density at radius 3 is 2.53 bits per heavy atom. The van der Waals surface area contributed by atoms with Gasteiger partial charge in [-0.15, -0.1) is 0 Å². The zero-order valence-corrected chi connectivity index (χ0v) is 10.8. The molecule has 6 heteroatoms. The fourth-order valence-electron chi connectivity index (χ4n) is 2.05. The molecule has 0 unspecified atom stereocenters. The van der Waals surface area contributed by atoms with Crippen LogP contribution < -0.4 is 10.6 Å². The zero-order chi connectivity index (χ0) is 12.3. The summed E-state index contributed by atoms with van der Waals surface area (Å²) in [6.07, 6.45) is 3.46. The summed E-state index contributed by atoms with van der Waals surface area (Å²) in [5.74, 6) is 0.988. The molecule has 0 radical (unpaired) electrons. The largest absolute Gasteiger partial charge is 0.392 e. The van der Waals surface area contributed by atoms with Gasteiger partial charge in [-0.05, 0) is 6.92 Å². The first kappa shape index (κ1) is 12.2. The fourth-order valence-corrected chi connectivity index (χ4v) is 2.23. The quantitative estimate of drug-likeness (QED) is 0.774. The number of hydrogen-bond acceptors (Lipinski definition) is 5. The molecule has 1 saturated heterocycles. The van der Waals surface area contributed by atoms with Gasteiger partial charge < -0.3 is 10.6 Å². The number of aryl methyl sites for hydroxylation is 1. The van der Waals surface area contributed by atoms with E-state index in [1.807, 2.05) is 6.92 Å². The van der Waals surface area contributed by atoms with Crippen molar-refractivity contribution in [2.75, 3.05) is 37.6 Å². The number of thiocarbonyl (C=S) groups is 1. The van der Waals surface area contributed by atoms with Gasteiger partial charge in [0.1, 0.15) is 5.82 Å². The van der Waals surface area contributed by atoms with Crippen LogP contribution in [0.4, 0.5) is 5.82 Å². The molecule has 0 bridgehead atoms. The third-order valence-electron chi connectivity index (χ3n) is 2.91.